The van der Waals surface area contributed by atoms with Crippen molar-refractivity contribution in [3.8, 4) is 0 Å². The third-order valence-electron chi connectivity index (χ3n) is 2.43. The molecule has 0 aromatic heterocycles. The number of hydrogen-bond donors (Lipinski definition) is 0. The average Bonchev–Trinajstić information content (AvgIpc) is 1.86. The van der Waals surface area contributed by atoms with Crippen molar-refractivity contribution in [2.24, 2.45) is 0 Å². The normalized spacial score (nSPS) is 30.0. The van der Waals surface area contributed by atoms with E-state index in [1.807, 2.05) is 0 Å². The molecule has 0 spiro atoms. The van der Waals surface area contributed by atoms with E-state index in [4.69, 9.17) is 0 Å². The van der Waals surface area contributed by atoms with E-state index in [0.717, 1.165) is 0 Å². The molecule has 2 rings (SSSR count). The second kappa shape index (κ2) is 4.26. The van der Waals surface area contributed by atoms with Crippen molar-refractivity contribution in [1.29, 1.82) is 0 Å². The molecule has 1 nitrogen and oxygen atoms in total. The summed E-state index contributed by atoms with van der Waals surface area (Å²) in [7, 11) is 0. The molecule has 0 N–H and O–H groups in total. The first kappa shape index (κ1) is 9.26. The van der Waals surface area contributed by atoms with Crippen LogP contribution < -0.4 is 18.9 Å². The van der Waals surface area contributed by atoms with Crippen molar-refractivity contribution < 1.29 is 18.9 Å². The van der Waals surface area contributed by atoms with Crippen molar-refractivity contribution in [2.45, 2.75) is 25.3 Å². The number of likely N-dealkylation sites (tertiary alicyclic amines) is 1. The number of piperidine rings is 1. The van der Waals surface area contributed by atoms with Gasteiger partial charge in [0, 0.05) is 0 Å². The maximum absolute atomic E-state index is 2.56. The van der Waals surface area contributed by atoms with Crippen LogP contribution in [0, 0.1) is 6.42 Å². The maximum atomic E-state index is 2.56. The van der Waals surface area contributed by atoms with E-state index in [1.54, 1.807) is 0 Å². The van der Waals surface area contributed by atoms with E-state index in [9.17, 15) is 0 Å². The van der Waals surface area contributed by atoms with Gasteiger partial charge < -0.3 is 4.90 Å². The van der Waals surface area contributed by atoms with Crippen LogP contribution in [0.15, 0.2) is 12.2 Å². The molecule has 0 radical (unpaired) electrons. The number of nitrogens with zero attached hydrogens (tertiary/aromatic N) is 1. The summed E-state index contributed by atoms with van der Waals surface area (Å²) in [5.74, 6) is 0. The Morgan fingerprint density at radius 1 is 1.18 bits per heavy atom. The first-order valence-corrected chi connectivity index (χ1v) is 4.22. The SMILES string of the molecule is C1=CC(N2CCCCC2)[CH-]1.[Li+]. The Morgan fingerprint density at radius 2 is 1.82 bits per heavy atom. The van der Waals surface area contributed by atoms with Gasteiger partial charge in [-0.05, 0) is 25.9 Å². The van der Waals surface area contributed by atoms with Gasteiger partial charge in [0.1, 0.15) is 0 Å². The van der Waals surface area contributed by atoms with E-state index in [2.05, 4.69) is 23.5 Å². The summed E-state index contributed by atoms with van der Waals surface area (Å²) in [6, 6.07) is 0.695. The Balaban J connectivity index is 0.000000605. The molecule has 56 valence electrons. The van der Waals surface area contributed by atoms with Crippen LogP contribution in [0.2, 0.25) is 0 Å². The first-order valence-electron chi connectivity index (χ1n) is 4.22. The molecule has 0 bridgehead atoms. The largest absolute Gasteiger partial charge is 1.00 e. The summed E-state index contributed by atoms with van der Waals surface area (Å²) in [6.07, 6.45) is 11.0. The summed E-state index contributed by atoms with van der Waals surface area (Å²) in [5.41, 5.74) is 0. The minimum absolute atomic E-state index is 0. The monoisotopic (exact) mass is 143 g/mol. The van der Waals surface area contributed by atoms with Crippen molar-refractivity contribution in [1.82, 2.24) is 4.90 Å². The Bertz CT molecular complexity index is 138. The van der Waals surface area contributed by atoms with E-state index in [0.29, 0.717) is 6.04 Å². The molecule has 1 fully saturated rings. The van der Waals surface area contributed by atoms with Crippen LogP contribution in [0.25, 0.3) is 0 Å². The topological polar surface area (TPSA) is 3.24 Å². The first-order chi connectivity index (χ1) is 4.97. The van der Waals surface area contributed by atoms with Gasteiger partial charge in [0.25, 0.3) is 0 Å². The fourth-order valence-corrected chi connectivity index (χ4v) is 1.67. The van der Waals surface area contributed by atoms with Crippen LogP contribution in [0.5, 0.6) is 0 Å². The van der Waals surface area contributed by atoms with Crippen molar-refractivity contribution >= 4 is 0 Å². The zero-order chi connectivity index (χ0) is 6.81. The zero-order valence-corrected chi connectivity index (χ0v) is 7.29. The second-order valence-corrected chi connectivity index (χ2v) is 3.16. The Labute approximate surface area is 81.0 Å². The molecule has 0 aromatic rings. The van der Waals surface area contributed by atoms with E-state index < -0.39 is 0 Å². The van der Waals surface area contributed by atoms with Crippen LogP contribution in [0.3, 0.4) is 0 Å². The van der Waals surface area contributed by atoms with Crippen LogP contribution in [-0.4, -0.2) is 24.0 Å². The maximum Gasteiger partial charge on any atom is 1.00 e. The van der Waals surface area contributed by atoms with Crippen LogP contribution in [0.1, 0.15) is 19.3 Å². The molecule has 1 unspecified atom stereocenters. The summed E-state index contributed by atoms with van der Waals surface area (Å²) < 4.78 is 0. The van der Waals surface area contributed by atoms with Gasteiger partial charge in [0.15, 0.2) is 0 Å². The van der Waals surface area contributed by atoms with Crippen LogP contribution >= 0.6 is 0 Å². The summed E-state index contributed by atoms with van der Waals surface area (Å²) in [5, 5.41) is 0. The molecule has 1 atom stereocenters. The average molecular weight is 143 g/mol. The van der Waals surface area contributed by atoms with Gasteiger partial charge in [-0.1, -0.05) is 12.5 Å². The van der Waals surface area contributed by atoms with Gasteiger partial charge in [-0.25, -0.2) is 18.6 Å². The predicted octanol–water partition coefficient (Wildman–Crippen LogP) is -1.38. The molecule has 1 aliphatic heterocycles. The van der Waals surface area contributed by atoms with Crippen LogP contribution in [-0.2, 0) is 0 Å². The molecule has 0 aromatic carbocycles. The molecular formula is C9H14LiN. The third kappa shape index (κ3) is 2.05. The number of rotatable bonds is 1. The standard InChI is InChI=1S/C9H14N.Li/c1-2-7-10(8-3-1)9-5-4-6-9;/h4-6,9H,1-3,7-8H2;/q-1;+1. The fraction of sp³-hybridized carbons (Fsp3) is 0.667. The third-order valence-corrected chi connectivity index (χ3v) is 2.43. The van der Waals surface area contributed by atoms with E-state index in [1.165, 1.54) is 32.4 Å². The Kier molecular flexibility index (Phi) is 3.58. The zero-order valence-electron chi connectivity index (χ0n) is 7.29. The molecule has 0 amide bonds. The van der Waals surface area contributed by atoms with E-state index >= 15 is 0 Å². The van der Waals surface area contributed by atoms with Gasteiger partial charge in [-0.3, -0.25) is 0 Å². The summed E-state index contributed by atoms with van der Waals surface area (Å²) in [4.78, 5) is 2.56. The van der Waals surface area contributed by atoms with Crippen molar-refractivity contribution in [3.63, 3.8) is 0 Å². The van der Waals surface area contributed by atoms with Gasteiger partial charge in [-0.2, -0.15) is 0 Å². The fourth-order valence-electron chi connectivity index (χ4n) is 1.67. The summed E-state index contributed by atoms with van der Waals surface area (Å²) >= 11 is 0. The molecule has 1 aliphatic carbocycles. The predicted molar refractivity (Wildman–Crippen MR) is 42.7 cm³/mol. The van der Waals surface area contributed by atoms with Gasteiger partial charge in [0.2, 0.25) is 0 Å². The smallest absolute Gasteiger partial charge is 0.326 e. The summed E-state index contributed by atoms with van der Waals surface area (Å²) in [6.45, 7) is 2.62. The minimum Gasteiger partial charge on any atom is -0.326 e. The Morgan fingerprint density at radius 3 is 2.27 bits per heavy atom. The molecule has 2 heteroatoms. The van der Waals surface area contributed by atoms with Gasteiger partial charge in [-0.15, -0.1) is 0 Å². The molecule has 1 saturated heterocycles. The van der Waals surface area contributed by atoms with Gasteiger partial charge in [0.05, 0.1) is 0 Å². The van der Waals surface area contributed by atoms with Crippen molar-refractivity contribution in [3.05, 3.63) is 18.6 Å². The molecule has 1 heterocycles. The molecule has 11 heavy (non-hydrogen) atoms. The van der Waals surface area contributed by atoms with Crippen LogP contribution in [0.4, 0.5) is 0 Å². The van der Waals surface area contributed by atoms with E-state index in [-0.39, 0.29) is 18.9 Å². The Hall–Kier alpha value is 0.167. The van der Waals surface area contributed by atoms with Gasteiger partial charge >= 0.3 is 18.9 Å². The minimum atomic E-state index is 0. The molecule has 2 aliphatic rings. The van der Waals surface area contributed by atoms with Crippen molar-refractivity contribution in [2.75, 3.05) is 13.1 Å². The quantitative estimate of drug-likeness (QED) is 0.323. The number of hydrogen-bond acceptors (Lipinski definition) is 1. The second-order valence-electron chi connectivity index (χ2n) is 3.16. The molecule has 0 saturated carbocycles. The molecular weight excluding hydrogens is 129 g/mol.